The van der Waals surface area contributed by atoms with Crippen LogP contribution in [0.3, 0.4) is 0 Å². The SMILES string of the molecule is CCCCCC[Si](Br)(OC)OCCC. The van der Waals surface area contributed by atoms with Gasteiger partial charge in [0.05, 0.1) is 0 Å². The van der Waals surface area contributed by atoms with Crippen molar-refractivity contribution >= 4 is 22.5 Å². The van der Waals surface area contributed by atoms with Gasteiger partial charge < -0.3 is 8.85 Å². The summed E-state index contributed by atoms with van der Waals surface area (Å²) < 4.78 is 11.2. The molecule has 0 aliphatic heterocycles. The summed E-state index contributed by atoms with van der Waals surface area (Å²) >= 11 is 3.63. The maximum atomic E-state index is 5.74. The lowest BCUT2D eigenvalue weighted by molar-refractivity contribution is 0.221. The summed E-state index contributed by atoms with van der Waals surface area (Å²) in [4.78, 5) is 0. The molecule has 86 valence electrons. The highest BCUT2D eigenvalue weighted by Crippen LogP contribution is 2.23. The molecular formula is C10H23BrO2Si. The van der Waals surface area contributed by atoms with Crippen LogP contribution in [0.15, 0.2) is 0 Å². The van der Waals surface area contributed by atoms with Gasteiger partial charge in [-0.25, -0.2) is 0 Å². The molecule has 0 aliphatic carbocycles. The molecule has 0 N–H and O–H groups in total. The first kappa shape index (κ1) is 14.6. The van der Waals surface area contributed by atoms with Crippen molar-refractivity contribution in [3.8, 4) is 0 Å². The second-order valence-electron chi connectivity index (χ2n) is 3.52. The Morgan fingerprint density at radius 2 is 1.79 bits per heavy atom. The highest BCUT2D eigenvalue weighted by molar-refractivity contribution is 9.25. The van der Waals surface area contributed by atoms with Gasteiger partial charge >= 0.3 is 7.18 Å². The first-order chi connectivity index (χ1) is 6.68. The second-order valence-corrected chi connectivity index (χ2v) is 9.66. The van der Waals surface area contributed by atoms with Crippen LogP contribution in [0, 0.1) is 0 Å². The Labute approximate surface area is 97.2 Å². The average Bonchev–Trinajstić information content (AvgIpc) is 2.22. The van der Waals surface area contributed by atoms with Crippen LogP contribution < -0.4 is 0 Å². The average molecular weight is 283 g/mol. The molecule has 0 rings (SSSR count). The lowest BCUT2D eigenvalue weighted by atomic mass is 10.2. The Bertz CT molecular complexity index is 135. The molecule has 0 amide bonds. The molecule has 0 fully saturated rings. The topological polar surface area (TPSA) is 18.5 Å². The van der Waals surface area contributed by atoms with Gasteiger partial charge in [0.2, 0.25) is 0 Å². The van der Waals surface area contributed by atoms with Crippen LogP contribution in [-0.2, 0) is 8.85 Å². The maximum Gasteiger partial charge on any atom is 0.413 e. The van der Waals surface area contributed by atoms with Crippen LogP contribution in [0.5, 0.6) is 0 Å². The van der Waals surface area contributed by atoms with Crippen LogP contribution in [-0.4, -0.2) is 20.9 Å². The Morgan fingerprint density at radius 3 is 2.29 bits per heavy atom. The van der Waals surface area contributed by atoms with Crippen molar-refractivity contribution in [1.29, 1.82) is 0 Å². The second kappa shape index (κ2) is 8.89. The predicted molar refractivity (Wildman–Crippen MR) is 66.9 cm³/mol. The molecule has 0 aliphatic rings. The molecule has 0 aromatic heterocycles. The lowest BCUT2D eigenvalue weighted by Crippen LogP contribution is -2.34. The van der Waals surface area contributed by atoms with E-state index in [1.165, 1.54) is 25.7 Å². The molecule has 0 aromatic carbocycles. The minimum Gasteiger partial charge on any atom is -0.390 e. The Hall–Kier alpha value is 0.617. The van der Waals surface area contributed by atoms with Gasteiger partial charge in [0.25, 0.3) is 0 Å². The number of hydrogen-bond donors (Lipinski definition) is 0. The van der Waals surface area contributed by atoms with Crippen LogP contribution >= 0.6 is 15.3 Å². The summed E-state index contributed by atoms with van der Waals surface area (Å²) in [7, 11) is -0.235. The Kier molecular flexibility index (Phi) is 9.28. The monoisotopic (exact) mass is 282 g/mol. The van der Waals surface area contributed by atoms with E-state index in [0.717, 1.165) is 19.1 Å². The van der Waals surface area contributed by atoms with Gasteiger partial charge in [-0.3, -0.25) is 0 Å². The maximum absolute atomic E-state index is 5.74. The van der Waals surface area contributed by atoms with Gasteiger partial charge in [-0.05, 0) is 6.42 Å². The number of rotatable bonds is 9. The molecule has 0 radical (unpaired) electrons. The van der Waals surface area contributed by atoms with E-state index in [4.69, 9.17) is 8.85 Å². The molecule has 14 heavy (non-hydrogen) atoms. The summed E-state index contributed by atoms with van der Waals surface area (Å²) in [5.41, 5.74) is 0. The van der Waals surface area contributed by atoms with Crippen molar-refractivity contribution in [3.05, 3.63) is 0 Å². The molecule has 1 atom stereocenters. The van der Waals surface area contributed by atoms with Crippen molar-refractivity contribution in [2.24, 2.45) is 0 Å². The number of unbranched alkanes of at least 4 members (excludes halogenated alkanes) is 3. The zero-order chi connectivity index (χ0) is 10.9. The fourth-order valence-corrected chi connectivity index (χ4v) is 4.22. The van der Waals surface area contributed by atoms with E-state index in [0.29, 0.717) is 0 Å². The van der Waals surface area contributed by atoms with Gasteiger partial charge in [-0.1, -0.05) is 54.8 Å². The zero-order valence-corrected chi connectivity index (χ0v) is 12.2. The first-order valence-electron chi connectivity index (χ1n) is 5.56. The molecule has 0 spiro atoms. The predicted octanol–water partition coefficient (Wildman–Crippen LogP) is 3.97. The molecule has 1 unspecified atom stereocenters. The van der Waals surface area contributed by atoms with Crippen LogP contribution in [0.25, 0.3) is 0 Å². The van der Waals surface area contributed by atoms with Crippen molar-refractivity contribution < 1.29 is 8.85 Å². The van der Waals surface area contributed by atoms with Crippen molar-refractivity contribution in [1.82, 2.24) is 0 Å². The fraction of sp³-hybridized carbons (Fsp3) is 1.00. The Morgan fingerprint density at radius 1 is 1.07 bits per heavy atom. The number of hydrogen-bond acceptors (Lipinski definition) is 2. The van der Waals surface area contributed by atoms with E-state index in [1.807, 2.05) is 0 Å². The van der Waals surface area contributed by atoms with E-state index in [2.05, 4.69) is 29.1 Å². The molecule has 4 heteroatoms. The van der Waals surface area contributed by atoms with Crippen LogP contribution in [0.4, 0.5) is 0 Å². The van der Waals surface area contributed by atoms with Gasteiger partial charge in [0.15, 0.2) is 0 Å². The minimum atomic E-state index is -1.98. The Balaban J connectivity index is 3.63. The molecule has 2 nitrogen and oxygen atoms in total. The van der Waals surface area contributed by atoms with Gasteiger partial charge in [0.1, 0.15) is 0 Å². The van der Waals surface area contributed by atoms with Crippen LogP contribution in [0.2, 0.25) is 6.04 Å². The number of halogens is 1. The van der Waals surface area contributed by atoms with Crippen molar-refractivity contribution in [2.75, 3.05) is 13.7 Å². The third kappa shape index (κ3) is 6.98. The third-order valence-corrected chi connectivity index (χ3v) is 7.20. The van der Waals surface area contributed by atoms with E-state index in [-0.39, 0.29) is 0 Å². The molecular weight excluding hydrogens is 260 g/mol. The lowest BCUT2D eigenvalue weighted by Gasteiger charge is -2.22. The summed E-state index contributed by atoms with van der Waals surface area (Å²) in [5, 5.41) is 0. The molecule has 0 aromatic rings. The van der Waals surface area contributed by atoms with Gasteiger partial charge in [-0.2, -0.15) is 0 Å². The van der Waals surface area contributed by atoms with E-state index >= 15 is 0 Å². The van der Waals surface area contributed by atoms with E-state index in [9.17, 15) is 0 Å². The summed E-state index contributed by atoms with van der Waals surface area (Å²) in [6.45, 7) is 5.15. The zero-order valence-electron chi connectivity index (χ0n) is 9.64. The van der Waals surface area contributed by atoms with Gasteiger partial charge in [0, 0.05) is 19.8 Å². The van der Waals surface area contributed by atoms with Crippen molar-refractivity contribution in [3.63, 3.8) is 0 Å². The molecule has 0 saturated heterocycles. The quantitative estimate of drug-likeness (QED) is 0.362. The highest BCUT2D eigenvalue weighted by atomic mass is 79.9. The summed E-state index contributed by atoms with van der Waals surface area (Å²) in [5.74, 6) is 0. The minimum absolute atomic E-state index is 0.805. The molecule has 0 heterocycles. The molecule has 0 bridgehead atoms. The molecule has 0 saturated carbocycles. The highest BCUT2D eigenvalue weighted by Gasteiger charge is 2.32. The van der Waals surface area contributed by atoms with E-state index < -0.39 is 7.18 Å². The van der Waals surface area contributed by atoms with Crippen LogP contribution in [0.1, 0.15) is 46.0 Å². The summed E-state index contributed by atoms with van der Waals surface area (Å²) in [6, 6.07) is 1.06. The standard InChI is InChI=1S/C10H23BrO2Si/c1-4-6-7-8-10-14(11,12-3)13-9-5-2/h4-10H2,1-3H3. The largest absolute Gasteiger partial charge is 0.413 e. The smallest absolute Gasteiger partial charge is 0.390 e. The van der Waals surface area contributed by atoms with Gasteiger partial charge in [-0.15, -0.1) is 0 Å². The normalized spacial score (nSPS) is 15.4. The van der Waals surface area contributed by atoms with E-state index in [1.54, 1.807) is 7.11 Å². The first-order valence-corrected chi connectivity index (χ1v) is 9.84. The third-order valence-electron chi connectivity index (χ3n) is 2.16. The van der Waals surface area contributed by atoms with Crippen molar-refractivity contribution in [2.45, 2.75) is 52.0 Å². The summed E-state index contributed by atoms with van der Waals surface area (Å²) in [6.07, 6.45) is 6.14. The fourth-order valence-electron chi connectivity index (χ4n) is 1.25.